The molecule has 1 fully saturated rings. The van der Waals surface area contributed by atoms with Crippen LogP contribution in [0.15, 0.2) is 71.6 Å². The first kappa shape index (κ1) is 24.4. The minimum Gasteiger partial charge on any atom is -0.494 e. The molecule has 8 nitrogen and oxygen atoms in total. The average molecular weight is 494 g/mol. The molecule has 0 aromatic heterocycles. The molecule has 1 aliphatic heterocycles. The molecule has 3 aromatic rings. The Hall–Kier alpha value is -3.69. The number of sulfonamides is 1. The molecule has 0 atom stereocenters. The SMILES string of the molecule is COc1cc(NC(=O)c2ccc(C)c(S(=O)(=O)NCc3ccccc3)c2)ccc1N1CCCC1=O. The molecule has 0 aliphatic carbocycles. The number of carbonyl (C=O) groups excluding carboxylic acids is 2. The van der Waals surface area contributed by atoms with Crippen LogP contribution in [-0.4, -0.2) is 33.9 Å². The van der Waals surface area contributed by atoms with Gasteiger partial charge in [-0.3, -0.25) is 9.59 Å². The van der Waals surface area contributed by atoms with E-state index in [1.165, 1.54) is 13.2 Å². The van der Waals surface area contributed by atoms with Gasteiger partial charge in [0.05, 0.1) is 17.7 Å². The third kappa shape index (κ3) is 5.52. The van der Waals surface area contributed by atoms with Crippen molar-refractivity contribution in [2.24, 2.45) is 0 Å². The van der Waals surface area contributed by atoms with Crippen LogP contribution in [0.1, 0.15) is 34.3 Å². The number of ether oxygens (including phenoxy) is 1. The average Bonchev–Trinajstić information content (AvgIpc) is 3.29. The lowest BCUT2D eigenvalue weighted by Gasteiger charge is -2.19. The molecule has 3 aromatic carbocycles. The van der Waals surface area contributed by atoms with Gasteiger partial charge in [-0.25, -0.2) is 13.1 Å². The topological polar surface area (TPSA) is 105 Å². The van der Waals surface area contributed by atoms with E-state index in [2.05, 4.69) is 10.0 Å². The van der Waals surface area contributed by atoms with Crippen molar-refractivity contribution in [1.82, 2.24) is 4.72 Å². The summed E-state index contributed by atoms with van der Waals surface area (Å²) in [5, 5.41) is 2.78. The molecule has 1 aliphatic rings. The zero-order chi connectivity index (χ0) is 25.0. The lowest BCUT2D eigenvalue weighted by Crippen LogP contribution is -2.25. The van der Waals surface area contributed by atoms with Gasteiger partial charge in [-0.15, -0.1) is 0 Å². The van der Waals surface area contributed by atoms with Gasteiger partial charge >= 0.3 is 0 Å². The van der Waals surface area contributed by atoms with Crippen molar-refractivity contribution >= 4 is 33.2 Å². The van der Waals surface area contributed by atoms with E-state index in [1.807, 2.05) is 30.3 Å². The highest BCUT2D eigenvalue weighted by atomic mass is 32.2. The Morgan fingerprint density at radius 2 is 1.83 bits per heavy atom. The first-order valence-corrected chi connectivity index (χ1v) is 12.7. The van der Waals surface area contributed by atoms with Crippen LogP contribution in [0.2, 0.25) is 0 Å². The molecule has 2 N–H and O–H groups in total. The van der Waals surface area contributed by atoms with Gasteiger partial charge in [0, 0.05) is 36.8 Å². The first-order valence-electron chi connectivity index (χ1n) is 11.2. The van der Waals surface area contributed by atoms with Gasteiger partial charge < -0.3 is 15.0 Å². The number of aryl methyl sites for hydroxylation is 1. The van der Waals surface area contributed by atoms with Crippen LogP contribution < -0.4 is 19.7 Å². The van der Waals surface area contributed by atoms with E-state index in [9.17, 15) is 18.0 Å². The maximum atomic E-state index is 12.9. The van der Waals surface area contributed by atoms with E-state index in [0.29, 0.717) is 35.7 Å². The van der Waals surface area contributed by atoms with Crippen molar-refractivity contribution in [1.29, 1.82) is 0 Å². The molecule has 0 spiro atoms. The van der Waals surface area contributed by atoms with Crippen molar-refractivity contribution in [3.05, 3.63) is 83.4 Å². The van der Waals surface area contributed by atoms with Gasteiger partial charge in [0.1, 0.15) is 5.75 Å². The molecule has 1 heterocycles. The van der Waals surface area contributed by atoms with Gasteiger partial charge in [0.2, 0.25) is 15.9 Å². The third-order valence-electron chi connectivity index (χ3n) is 5.85. The fourth-order valence-electron chi connectivity index (χ4n) is 3.97. The van der Waals surface area contributed by atoms with Crippen LogP contribution >= 0.6 is 0 Å². The molecule has 0 radical (unpaired) electrons. The summed E-state index contributed by atoms with van der Waals surface area (Å²) in [5.74, 6) is 0.0428. The normalized spacial score (nSPS) is 13.7. The minimum atomic E-state index is -3.84. The number of amides is 2. The molecule has 0 saturated carbocycles. The number of anilines is 2. The van der Waals surface area contributed by atoms with E-state index in [0.717, 1.165) is 12.0 Å². The third-order valence-corrected chi connectivity index (χ3v) is 7.39. The highest BCUT2D eigenvalue weighted by Crippen LogP contribution is 2.34. The molecular weight excluding hydrogens is 466 g/mol. The van der Waals surface area contributed by atoms with E-state index in [4.69, 9.17) is 4.74 Å². The summed E-state index contributed by atoms with van der Waals surface area (Å²) in [6.45, 7) is 2.45. The van der Waals surface area contributed by atoms with Crippen LogP contribution in [-0.2, 0) is 21.4 Å². The molecule has 182 valence electrons. The van der Waals surface area contributed by atoms with Crippen LogP contribution in [0.5, 0.6) is 5.75 Å². The molecule has 4 rings (SSSR count). The maximum absolute atomic E-state index is 12.9. The number of benzene rings is 3. The van der Waals surface area contributed by atoms with Gasteiger partial charge in [-0.2, -0.15) is 0 Å². The van der Waals surface area contributed by atoms with Crippen LogP contribution in [0.4, 0.5) is 11.4 Å². The molecule has 35 heavy (non-hydrogen) atoms. The fourth-order valence-corrected chi connectivity index (χ4v) is 5.25. The van der Waals surface area contributed by atoms with Crippen molar-refractivity contribution in [3.8, 4) is 5.75 Å². The first-order chi connectivity index (χ1) is 16.8. The summed E-state index contributed by atoms with van der Waals surface area (Å²) in [7, 11) is -2.33. The second-order valence-electron chi connectivity index (χ2n) is 8.28. The quantitative estimate of drug-likeness (QED) is 0.496. The molecule has 2 amide bonds. The van der Waals surface area contributed by atoms with Crippen molar-refractivity contribution in [2.45, 2.75) is 31.2 Å². The highest BCUT2D eigenvalue weighted by Gasteiger charge is 2.25. The lowest BCUT2D eigenvalue weighted by molar-refractivity contribution is -0.117. The predicted octanol–water partition coefficient (Wildman–Crippen LogP) is 3.86. The van der Waals surface area contributed by atoms with E-state index in [-0.39, 0.29) is 22.9 Å². The molecule has 0 bridgehead atoms. The van der Waals surface area contributed by atoms with Gasteiger partial charge in [0.25, 0.3) is 5.91 Å². The number of nitrogens with one attached hydrogen (secondary N) is 2. The molecule has 9 heteroatoms. The molecular formula is C26H27N3O5S. The summed E-state index contributed by atoms with van der Waals surface area (Å²) in [6.07, 6.45) is 1.29. The van der Waals surface area contributed by atoms with Crippen LogP contribution in [0, 0.1) is 6.92 Å². The van der Waals surface area contributed by atoms with E-state index in [1.54, 1.807) is 42.2 Å². The number of carbonyl (C=O) groups is 2. The zero-order valence-corrected chi connectivity index (χ0v) is 20.4. The Morgan fingerprint density at radius 1 is 1.06 bits per heavy atom. The van der Waals surface area contributed by atoms with E-state index < -0.39 is 15.9 Å². The van der Waals surface area contributed by atoms with Crippen molar-refractivity contribution in [3.63, 3.8) is 0 Å². The van der Waals surface area contributed by atoms with Gasteiger partial charge in [0.15, 0.2) is 0 Å². The fraction of sp³-hybridized carbons (Fsp3) is 0.231. The smallest absolute Gasteiger partial charge is 0.255 e. The second kappa shape index (κ2) is 10.3. The molecule has 0 unspecified atom stereocenters. The summed E-state index contributed by atoms with van der Waals surface area (Å²) < 4.78 is 33.9. The van der Waals surface area contributed by atoms with E-state index >= 15 is 0 Å². The summed E-state index contributed by atoms with van der Waals surface area (Å²) in [4.78, 5) is 26.8. The van der Waals surface area contributed by atoms with Gasteiger partial charge in [-0.1, -0.05) is 36.4 Å². The monoisotopic (exact) mass is 493 g/mol. The number of nitrogens with zero attached hydrogens (tertiary/aromatic N) is 1. The largest absolute Gasteiger partial charge is 0.494 e. The van der Waals surface area contributed by atoms with Crippen LogP contribution in [0.25, 0.3) is 0 Å². The number of hydrogen-bond donors (Lipinski definition) is 2. The Morgan fingerprint density at radius 3 is 2.51 bits per heavy atom. The zero-order valence-electron chi connectivity index (χ0n) is 19.6. The van der Waals surface area contributed by atoms with Crippen molar-refractivity contribution in [2.75, 3.05) is 23.9 Å². The van der Waals surface area contributed by atoms with Gasteiger partial charge in [-0.05, 0) is 48.7 Å². The number of methoxy groups -OCH3 is 1. The number of hydrogen-bond acceptors (Lipinski definition) is 5. The maximum Gasteiger partial charge on any atom is 0.255 e. The summed E-state index contributed by atoms with van der Waals surface area (Å²) in [5.41, 5.74) is 2.68. The lowest BCUT2D eigenvalue weighted by atomic mass is 10.1. The Bertz CT molecular complexity index is 1360. The second-order valence-corrected chi connectivity index (χ2v) is 10.0. The minimum absolute atomic E-state index is 0.0364. The highest BCUT2D eigenvalue weighted by molar-refractivity contribution is 7.89. The Kier molecular flexibility index (Phi) is 7.18. The summed E-state index contributed by atoms with van der Waals surface area (Å²) >= 11 is 0. The standard InChI is InChI=1S/C26H27N3O5S/c1-18-10-11-20(15-24(18)35(32,33)27-17-19-7-4-3-5-8-19)26(31)28-21-12-13-22(23(16-21)34-2)29-14-6-9-25(29)30/h3-5,7-8,10-13,15-16,27H,6,9,14,17H2,1-2H3,(H,28,31). The predicted molar refractivity (Wildman–Crippen MR) is 134 cm³/mol. The van der Waals surface area contributed by atoms with Crippen LogP contribution in [0.3, 0.4) is 0 Å². The molecule has 1 saturated heterocycles. The Balaban J connectivity index is 1.52. The Labute approximate surface area is 205 Å². The summed E-state index contributed by atoms with van der Waals surface area (Å²) in [6, 6.07) is 18.8. The van der Waals surface area contributed by atoms with Crippen molar-refractivity contribution < 1.29 is 22.7 Å². The number of rotatable bonds is 8.